The average molecular weight is 285 g/mol. The number of hydrogen-bond acceptors (Lipinski definition) is 4. The Kier molecular flexibility index (Phi) is 4.60. The molecule has 0 radical (unpaired) electrons. The Hall–Kier alpha value is -1.75. The Balaban J connectivity index is 1.60. The first-order valence-electron chi connectivity index (χ1n) is 7.84. The zero-order chi connectivity index (χ0) is 14.5. The van der Waals surface area contributed by atoms with E-state index in [0.717, 1.165) is 26.1 Å². The fourth-order valence-corrected chi connectivity index (χ4v) is 3.08. The van der Waals surface area contributed by atoms with Crippen LogP contribution in [-0.4, -0.2) is 37.7 Å². The zero-order valence-electron chi connectivity index (χ0n) is 12.6. The highest BCUT2D eigenvalue weighted by Crippen LogP contribution is 2.25. The van der Waals surface area contributed by atoms with E-state index in [1.165, 1.54) is 30.6 Å². The molecule has 2 aromatic rings. The summed E-state index contributed by atoms with van der Waals surface area (Å²) in [5, 5.41) is 4.42. The third-order valence-corrected chi connectivity index (χ3v) is 4.07. The summed E-state index contributed by atoms with van der Waals surface area (Å²) in [7, 11) is 0. The van der Waals surface area contributed by atoms with Gasteiger partial charge in [-0.05, 0) is 31.9 Å². The molecule has 0 aromatic carbocycles. The number of hydrogen-bond donors (Lipinski definition) is 0. The van der Waals surface area contributed by atoms with Gasteiger partial charge in [-0.15, -0.1) is 0 Å². The fraction of sp³-hybridized carbons (Fsp3) is 0.562. The summed E-state index contributed by atoms with van der Waals surface area (Å²) in [6.07, 6.45) is 11.3. The van der Waals surface area contributed by atoms with E-state index in [1.807, 2.05) is 23.1 Å². The highest BCUT2D eigenvalue weighted by Gasteiger charge is 2.22. The number of aryl methyl sites for hydroxylation is 1. The van der Waals surface area contributed by atoms with Crippen molar-refractivity contribution < 1.29 is 0 Å². The molecule has 0 saturated carbocycles. The molecule has 1 fully saturated rings. The van der Waals surface area contributed by atoms with Crippen LogP contribution in [-0.2, 0) is 13.1 Å². The van der Waals surface area contributed by atoms with Crippen LogP contribution in [0.15, 0.2) is 31.0 Å². The van der Waals surface area contributed by atoms with E-state index in [-0.39, 0.29) is 0 Å². The molecule has 21 heavy (non-hydrogen) atoms. The summed E-state index contributed by atoms with van der Waals surface area (Å²) in [6, 6.07) is 2.05. The predicted octanol–water partition coefficient (Wildman–Crippen LogP) is 2.46. The molecular weight excluding hydrogens is 262 g/mol. The molecule has 5 heteroatoms. The molecule has 5 nitrogen and oxygen atoms in total. The van der Waals surface area contributed by atoms with Gasteiger partial charge < -0.3 is 0 Å². The minimum atomic E-state index is 0.535. The number of likely N-dealkylation sites (tertiary alicyclic amines) is 1. The smallest absolute Gasteiger partial charge is 0.115 e. The lowest BCUT2D eigenvalue weighted by Crippen LogP contribution is -2.34. The van der Waals surface area contributed by atoms with E-state index in [0.29, 0.717) is 5.92 Å². The average Bonchev–Trinajstić information content (AvgIpc) is 2.96. The van der Waals surface area contributed by atoms with E-state index in [4.69, 9.17) is 0 Å². The molecule has 2 aromatic heterocycles. The van der Waals surface area contributed by atoms with E-state index in [1.54, 1.807) is 6.33 Å². The van der Waals surface area contributed by atoms with Crippen LogP contribution in [0.25, 0.3) is 0 Å². The van der Waals surface area contributed by atoms with Crippen LogP contribution in [0.3, 0.4) is 0 Å². The van der Waals surface area contributed by atoms with Crippen molar-refractivity contribution in [2.24, 2.45) is 0 Å². The van der Waals surface area contributed by atoms with Crippen molar-refractivity contribution in [1.29, 1.82) is 0 Å². The minimum Gasteiger partial charge on any atom is -0.298 e. The van der Waals surface area contributed by atoms with E-state index >= 15 is 0 Å². The van der Waals surface area contributed by atoms with Gasteiger partial charge in [0.2, 0.25) is 0 Å². The number of nitrogens with zero attached hydrogens (tertiary/aromatic N) is 5. The maximum absolute atomic E-state index is 4.42. The number of rotatable bonds is 5. The summed E-state index contributed by atoms with van der Waals surface area (Å²) in [6.45, 7) is 6.42. The highest BCUT2D eigenvalue weighted by atomic mass is 15.3. The third-order valence-electron chi connectivity index (χ3n) is 4.07. The maximum Gasteiger partial charge on any atom is 0.115 e. The van der Waals surface area contributed by atoms with Gasteiger partial charge in [0.15, 0.2) is 0 Å². The minimum absolute atomic E-state index is 0.535. The Bertz CT molecular complexity index is 551. The molecule has 3 rings (SSSR count). The molecule has 0 spiro atoms. The Labute approximate surface area is 126 Å². The first-order chi connectivity index (χ1) is 10.3. The van der Waals surface area contributed by atoms with Crippen LogP contribution >= 0.6 is 0 Å². The van der Waals surface area contributed by atoms with Crippen molar-refractivity contribution in [3.05, 3.63) is 42.2 Å². The molecular formula is C16H23N5. The van der Waals surface area contributed by atoms with Gasteiger partial charge in [0.05, 0.1) is 6.20 Å². The summed E-state index contributed by atoms with van der Waals surface area (Å²) in [5.74, 6) is 0.535. The molecule has 3 heterocycles. The maximum atomic E-state index is 4.42. The van der Waals surface area contributed by atoms with Gasteiger partial charge in [0.25, 0.3) is 0 Å². The van der Waals surface area contributed by atoms with Gasteiger partial charge in [-0.3, -0.25) is 9.58 Å². The van der Waals surface area contributed by atoms with Crippen LogP contribution in [0, 0.1) is 0 Å². The molecule has 0 N–H and O–H groups in total. The lowest BCUT2D eigenvalue weighted by molar-refractivity contribution is 0.198. The standard InChI is InChI=1S/C16H23N5/c1-2-7-21-11-14(9-19-21)10-20-8-3-4-15(12-20)16-5-6-17-13-18-16/h5-6,9,11,13,15H,2-4,7-8,10,12H2,1H3/t15-/m1/s1. The lowest BCUT2D eigenvalue weighted by atomic mass is 9.94. The normalized spacial score (nSPS) is 19.8. The van der Waals surface area contributed by atoms with Gasteiger partial charge in [-0.1, -0.05) is 6.92 Å². The van der Waals surface area contributed by atoms with Gasteiger partial charge in [0.1, 0.15) is 6.33 Å². The van der Waals surface area contributed by atoms with Crippen molar-refractivity contribution in [3.8, 4) is 0 Å². The topological polar surface area (TPSA) is 46.8 Å². The van der Waals surface area contributed by atoms with Crippen molar-refractivity contribution in [1.82, 2.24) is 24.6 Å². The molecule has 0 unspecified atom stereocenters. The molecule has 1 atom stereocenters. The largest absolute Gasteiger partial charge is 0.298 e. The summed E-state index contributed by atoms with van der Waals surface area (Å²) in [5.41, 5.74) is 2.49. The van der Waals surface area contributed by atoms with Crippen LogP contribution in [0.4, 0.5) is 0 Å². The molecule has 0 amide bonds. The zero-order valence-corrected chi connectivity index (χ0v) is 12.6. The SMILES string of the molecule is CCCn1cc(CN2CCC[C@@H](c3ccncn3)C2)cn1. The molecule has 0 aliphatic carbocycles. The first-order valence-corrected chi connectivity index (χ1v) is 7.84. The fourth-order valence-electron chi connectivity index (χ4n) is 3.08. The Morgan fingerprint density at radius 1 is 1.38 bits per heavy atom. The highest BCUT2D eigenvalue weighted by molar-refractivity contribution is 5.09. The summed E-state index contributed by atoms with van der Waals surface area (Å²) < 4.78 is 2.04. The van der Waals surface area contributed by atoms with Crippen LogP contribution in [0.5, 0.6) is 0 Å². The monoisotopic (exact) mass is 285 g/mol. The molecule has 1 aliphatic rings. The quantitative estimate of drug-likeness (QED) is 0.846. The van der Waals surface area contributed by atoms with Crippen LogP contribution < -0.4 is 0 Å². The van der Waals surface area contributed by atoms with E-state index in [9.17, 15) is 0 Å². The summed E-state index contributed by atoms with van der Waals surface area (Å²) >= 11 is 0. The van der Waals surface area contributed by atoms with Crippen LogP contribution in [0.2, 0.25) is 0 Å². The molecule has 112 valence electrons. The van der Waals surface area contributed by atoms with Crippen molar-refractivity contribution in [2.75, 3.05) is 13.1 Å². The summed E-state index contributed by atoms with van der Waals surface area (Å²) in [4.78, 5) is 10.9. The first kappa shape index (κ1) is 14.2. The molecule has 1 saturated heterocycles. The second-order valence-corrected chi connectivity index (χ2v) is 5.82. The second kappa shape index (κ2) is 6.80. The van der Waals surface area contributed by atoms with Gasteiger partial charge in [-0.25, -0.2) is 9.97 Å². The lowest BCUT2D eigenvalue weighted by Gasteiger charge is -2.32. The van der Waals surface area contributed by atoms with Gasteiger partial charge >= 0.3 is 0 Å². The van der Waals surface area contributed by atoms with Crippen molar-refractivity contribution >= 4 is 0 Å². The Morgan fingerprint density at radius 3 is 3.14 bits per heavy atom. The number of piperidine rings is 1. The molecule has 0 bridgehead atoms. The van der Waals surface area contributed by atoms with Gasteiger partial charge in [0, 0.05) is 49.2 Å². The van der Waals surface area contributed by atoms with Crippen molar-refractivity contribution in [3.63, 3.8) is 0 Å². The van der Waals surface area contributed by atoms with Gasteiger partial charge in [-0.2, -0.15) is 5.10 Å². The van der Waals surface area contributed by atoms with Crippen molar-refractivity contribution in [2.45, 2.75) is 45.2 Å². The number of aromatic nitrogens is 4. The van der Waals surface area contributed by atoms with E-state index in [2.05, 4.69) is 33.1 Å². The van der Waals surface area contributed by atoms with E-state index < -0.39 is 0 Å². The predicted molar refractivity (Wildman–Crippen MR) is 81.8 cm³/mol. The second-order valence-electron chi connectivity index (χ2n) is 5.82. The molecule has 1 aliphatic heterocycles. The Morgan fingerprint density at radius 2 is 2.33 bits per heavy atom. The third kappa shape index (κ3) is 3.67. The van der Waals surface area contributed by atoms with Crippen LogP contribution in [0.1, 0.15) is 43.4 Å².